The lowest BCUT2D eigenvalue weighted by molar-refractivity contribution is -0.140. The Morgan fingerprint density at radius 3 is 2.84 bits per heavy atom. The van der Waals surface area contributed by atoms with Crippen LogP contribution in [-0.4, -0.2) is 50.6 Å². The number of fused-ring (bicyclic) bond motifs is 3. The van der Waals surface area contributed by atoms with Crippen molar-refractivity contribution in [3.05, 3.63) is 85.6 Å². The predicted molar refractivity (Wildman–Crippen MR) is 171 cm³/mol. The van der Waals surface area contributed by atoms with E-state index in [1.165, 1.54) is 29.0 Å². The highest BCUT2D eigenvalue weighted by Crippen LogP contribution is 2.46. The minimum Gasteiger partial charge on any atom is -0.487 e. The van der Waals surface area contributed by atoms with E-state index >= 15 is 0 Å². The molecular formula is C34H37N5O4S. The molecule has 0 saturated heterocycles. The number of hydrogen-bond acceptors (Lipinski definition) is 8. The molecule has 3 aromatic heterocycles. The average Bonchev–Trinajstić information content (AvgIpc) is 3.67. The summed E-state index contributed by atoms with van der Waals surface area (Å²) in [7, 11) is 3.41. The van der Waals surface area contributed by atoms with E-state index in [-0.39, 0.29) is 30.0 Å². The SMILES string of the molecule is CC[C@@H]1CN(Cc2cc(C(CC(=O)OC)c3cc(C4CC4)c4c(nnn4C)c3C)cc3ccsc23)Cc2[nH]c(=O)ccc2O1. The molecule has 1 aliphatic heterocycles. The summed E-state index contributed by atoms with van der Waals surface area (Å²) in [4.78, 5) is 30.5. The third-order valence-electron chi connectivity index (χ3n) is 9.19. The average molecular weight is 612 g/mol. The number of benzene rings is 2. The fourth-order valence-corrected chi connectivity index (χ4v) is 7.63. The number of aryl methyl sites for hydroxylation is 2. The highest BCUT2D eigenvalue weighted by atomic mass is 32.1. The number of hydrogen-bond donors (Lipinski definition) is 1. The molecule has 0 radical (unpaired) electrons. The van der Waals surface area contributed by atoms with E-state index in [4.69, 9.17) is 9.47 Å². The molecule has 228 valence electrons. The van der Waals surface area contributed by atoms with E-state index in [1.54, 1.807) is 17.4 Å². The normalized spacial score (nSPS) is 17.8. The topological polar surface area (TPSA) is 102 Å². The number of H-pyrrole nitrogens is 1. The van der Waals surface area contributed by atoms with Crippen molar-refractivity contribution in [3.63, 3.8) is 0 Å². The van der Waals surface area contributed by atoms with Crippen molar-refractivity contribution in [2.45, 2.75) is 70.6 Å². The number of aromatic nitrogens is 4. The molecule has 1 aliphatic carbocycles. The molecule has 1 saturated carbocycles. The molecule has 4 heterocycles. The van der Waals surface area contributed by atoms with Gasteiger partial charge in [-0.05, 0) is 88.9 Å². The first kappa shape index (κ1) is 28.7. The maximum atomic E-state index is 12.9. The minimum absolute atomic E-state index is 0.0124. The molecule has 2 atom stereocenters. The number of methoxy groups -OCH3 is 1. The number of esters is 1. The van der Waals surface area contributed by atoms with Gasteiger partial charge in [0.15, 0.2) is 0 Å². The van der Waals surface area contributed by atoms with Gasteiger partial charge in [0.1, 0.15) is 17.4 Å². The minimum atomic E-state index is -0.246. The lowest BCUT2D eigenvalue weighted by Crippen LogP contribution is -2.32. The summed E-state index contributed by atoms with van der Waals surface area (Å²) in [6.45, 7) is 6.22. The number of rotatable bonds is 8. The quantitative estimate of drug-likeness (QED) is 0.217. The largest absolute Gasteiger partial charge is 0.487 e. The van der Waals surface area contributed by atoms with E-state index in [0.29, 0.717) is 19.0 Å². The number of nitrogens with zero attached hydrogens (tertiary/aromatic N) is 4. The lowest BCUT2D eigenvalue weighted by Gasteiger charge is -2.25. The molecule has 2 aliphatic rings. The lowest BCUT2D eigenvalue weighted by atomic mass is 9.83. The Bertz CT molecular complexity index is 1940. The van der Waals surface area contributed by atoms with E-state index in [2.05, 4.69) is 63.7 Å². The zero-order chi connectivity index (χ0) is 30.5. The van der Waals surface area contributed by atoms with E-state index < -0.39 is 0 Å². The molecular weight excluding hydrogens is 574 g/mol. The van der Waals surface area contributed by atoms with E-state index in [0.717, 1.165) is 70.4 Å². The third kappa shape index (κ3) is 5.30. The van der Waals surface area contributed by atoms with Crippen LogP contribution in [-0.2, 0) is 29.7 Å². The predicted octanol–water partition coefficient (Wildman–Crippen LogP) is 5.93. The molecule has 0 spiro atoms. The molecule has 44 heavy (non-hydrogen) atoms. The number of aromatic amines is 1. The van der Waals surface area contributed by atoms with E-state index in [9.17, 15) is 9.59 Å². The van der Waals surface area contributed by atoms with Crippen LogP contribution in [0.25, 0.3) is 21.1 Å². The van der Waals surface area contributed by atoms with Crippen molar-refractivity contribution in [2.75, 3.05) is 13.7 Å². The van der Waals surface area contributed by atoms with Crippen LogP contribution in [0.15, 0.2) is 46.6 Å². The highest BCUT2D eigenvalue weighted by molar-refractivity contribution is 7.17. The number of nitrogens with one attached hydrogen (secondary N) is 1. The molecule has 1 fully saturated rings. The highest BCUT2D eigenvalue weighted by Gasteiger charge is 2.32. The van der Waals surface area contributed by atoms with Crippen molar-refractivity contribution in [2.24, 2.45) is 7.05 Å². The van der Waals surface area contributed by atoms with Crippen LogP contribution in [0.4, 0.5) is 0 Å². The number of ether oxygens (including phenoxy) is 2. The standard InChI is InChI=1S/C34H37N5O4S/c1-5-24-17-39(18-28-29(43-24)8-9-30(40)35-28)16-23-13-22(12-21-10-11-44-34(21)23)26(15-31(41)42-4)25-14-27(20-6-7-20)33-32(19(25)2)36-37-38(33)3/h8-14,20,24,26H,5-7,15-18H2,1-4H3,(H,35,40)/t24-,26?/m1/s1. The molecule has 0 amide bonds. The van der Waals surface area contributed by atoms with Gasteiger partial charge in [0, 0.05) is 43.4 Å². The second kappa shape index (κ2) is 11.5. The van der Waals surface area contributed by atoms with Crippen LogP contribution in [0, 0.1) is 6.92 Å². The Morgan fingerprint density at radius 1 is 1.23 bits per heavy atom. The van der Waals surface area contributed by atoms with Crippen LogP contribution in [0.2, 0.25) is 0 Å². The summed E-state index contributed by atoms with van der Waals surface area (Å²) in [5.74, 6) is 0.786. The second-order valence-corrected chi connectivity index (χ2v) is 13.1. The number of carbonyl (C=O) groups is 1. The number of pyridine rings is 1. The first-order chi connectivity index (χ1) is 21.3. The van der Waals surface area contributed by atoms with Gasteiger partial charge in [0.25, 0.3) is 0 Å². The van der Waals surface area contributed by atoms with Crippen LogP contribution in [0.1, 0.15) is 78.0 Å². The Hall–Kier alpha value is -4.02. The zero-order valence-electron chi connectivity index (χ0n) is 25.6. The van der Waals surface area contributed by atoms with Gasteiger partial charge in [-0.25, -0.2) is 4.68 Å². The van der Waals surface area contributed by atoms with Gasteiger partial charge in [-0.3, -0.25) is 14.5 Å². The zero-order valence-corrected chi connectivity index (χ0v) is 26.4. The van der Waals surface area contributed by atoms with Gasteiger partial charge < -0.3 is 14.5 Å². The third-order valence-corrected chi connectivity index (χ3v) is 10.2. The van der Waals surface area contributed by atoms with Gasteiger partial charge in [0.05, 0.1) is 24.7 Å². The maximum absolute atomic E-state index is 12.9. The van der Waals surface area contributed by atoms with E-state index in [1.807, 2.05) is 11.7 Å². The number of thiophene rings is 1. The van der Waals surface area contributed by atoms with Crippen LogP contribution < -0.4 is 10.3 Å². The Labute approximate surface area is 259 Å². The van der Waals surface area contributed by atoms with Crippen molar-refractivity contribution in [1.29, 1.82) is 0 Å². The first-order valence-electron chi connectivity index (χ1n) is 15.3. The molecule has 2 aromatic carbocycles. The summed E-state index contributed by atoms with van der Waals surface area (Å²) >= 11 is 1.73. The van der Waals surface area contributed by atoms with Gasteiger partial charge >= 0.3 is 5.97 Å². The summed E-state index contributed by atoms with van der Waals surface area (Å²) in [6, 6.07) is 12.3. The molecule has 5 aromatic rings. The maximum Gasteiger partial charge on any atom is 0.306 e. The summed E-state index contributed by atoms with van der Waals surface area (Å²) in [6.07, 6.45) is 3.41. The first-order valence-corrected chi connectivity index (χ1v) is 16.2. The van der Waals surface area contributed by atoms with Gasteiger partial charge in [-0.2, -0.15) is 0 Å². The smallest absolute Gasteiger partial charge is 0.306 e. The van der Waals surface area contributed by atoms with Crippen LogP contribution in [0.3, 0.4) is 0 Å². The molecule has 1 unspecified atom stereocenters. The summed E-state index contributed by atoms with van der Waals surface area (Å²) < 4.78 is 14.6. The second-order valence-electron chi connectivity index (χ2n) is 12.2. The molecule has 0 bridgehead atoms. The monoisotopic (exact) mass is 611 g/mol. The Morgan fingerprint density at radius 2 is 2.07 bits per heavy atom. The fraction of sp³-hybridized carbons (Fsp3) is 0.412. The van der Waals surface area contributed by atoms with Crippen molar-refractivity contribution in [3.8, 4) is 5.75 Å². The van der Waals surface area contributed by atoms with Crippen LogP contribution in [0.5, 0.6) is 5.75 Å². The summed E-state index contributed by atoms with van der Waals surface area (Å²) in [5.41, 5.74) is 8.36. The molecule has 1 N–H and O–H groups in total. The van der Waals surface area contributed by atoms with Gasteiger partial charge in [-0.15, -0.1) is 16.4 Å². The van der Waals surface area contributed by atoms with Crippen molar-refractivity contribution in [1.82, 2.24) is 24.9 Å². The fourth-order valence-electron chi connectivity index (χ4n) is 6.74. The Kier molecular flexibility index (Phi) is 7.50. The van der Waals surface area contributed by atoms with Gasteiger partial charge in [0.2, 0.25) is 5.56 Å². The molecule has 9 nitrogen and oxygen atoms in total. The van der Waals surface area contributed by atoms with Gasteiger partial charge in [-0.1, -0.05) is 24.3 Å². The Balaban J connectivity index is 1.33. The summed E-state index contributed by atoms with van der Waals surface area (Å²) in [5, 5.41) is 12.2. The van der Waals surface area contributed by atoms with Crippen molar-refractivity contribution >= 4 is 38.4 Å². The molecule has 7 rings (SSSR count). The van der Waals surface area contributed by atoms with Crippen molar-refractivity contribution < 1.29 is 14.3 Å². The molecule has 10 heteroatoms. The number of carbonyl (C=O) groups excluding carboxylic acids is 1. The van der Waals surface area contributed by atoms with Crippen LogP contribution >= 0.6 is 11.3 Å².